The lowest BCUT2D eigenvalue weighted by Crippen LogP contribution is -2.04. The number of rotatable bonds is 2. The average Bonchev–Trinajstić information content (AvgIpc) is 2.19. The largest absolute Gasteiger partial charge is 0.350 e. The zero-order valence-corrected chi connectivity index (χ0v) is 4.80. The lowest BCUT2D eigenvalue weighted by molar-refractivity contribution is -0.0379. The van der Waals surface area contributed by atoms with Crippen LogP contribution >= 0.6 is 0 Å². The van der Waals surface area contributed by atoms with Crippen molar-refractivity contribution in [1.82, 2.24) is 0 Å². The molecule has 0 aromatic rings. The van der Waals surface area contributed by atoms with Gasteiger partial charge in [0.1, 0.15) is 0 Å². The maximum atomic E-state index is 5.10. The van der Waals surface area contributed by atoms with Gasteiger partial charge in [0.25, 0.3) is 0 Å². The van der Waals surface area contributed by atoms with Gasteiger partial charge in [0.2, 0.25) is 0 Å². The van der Waals surface area contributed by atoms with Gasteiger partial charge in [-0.15, -0.1) is 6.58 Å². The van der Waals surface area contributed by atoms with Crippen LogP contribution in [0.1, 0.15) is 6.42 Å². The van der Waals surface area contributed by atoms with Crippen molar-refractivity contribution in [2.75, 3.05) is 13.2 Å². The van der Waals surface area contributed by atoms with E-state index in [1.54, 1.807) is 6.08 Å². The molecule has 0 amide bonds. The van der Waals surface area contributed by atoms with E-state index < -0.39 is 0 Å². The molecule has 2 nitrogen and oxygen atoms in total. The van der Waals surface area contributed by atoms with Gasteiger partial charge >= 0.3 is 0 Å². The third-order valence-corrected chi connectivity index (χ3v) is 1.05. The first-order valence-corrected chi connectivity index (χ1v) is 2.77. The van der Waals surface area contributed by atoms with E-state index in [9.17, 15) is 0 Å². The third-order valence-electron chi connectivity index (χ3n) is 1.05. The molecule has 0 aromatic heterocycles. The Morgan fingerprint density at radius 2 is 2.12 bits per heavy atom. The lowest BCUT2D eigenvalue weighted by atomic mass is 10.4. The maximum Gasteiger partial charge on any atom is 0.161 e. The van der Waals surface area contributed by atoms with Crippen LogP contribution in [-0.2, 0) is 9.47 Å². The standard InChI is InChI=1S/C6H10O2/c1-2-3-6-7-4-5-8-6/h2,6H,1,3-5H2. The molecule has 2 heteroatoms. The fourth-order valence-electron chi connectivity index (χ4n) is 0.679. The molecule has 1 saturated heterocycles. The van der Waals surface area contributed by atoms with Gasteiger partial charge in [0, 0.05) is 6.42 Å². The first kappa shape index (κ1) is 5.79. The molecule has 0 aromatic carbocycles. The van der Waals surface area contributed by atoms with Crippen molar-refractivity contribution in [2.45, 2.75) is 12.7 Å². The van der Waals surface area contributed by atoms with Crippen LogP contribution in [0.4, 0.5) is 0 Å². The molecule has 0 aliphatic carbocycles. The predicted molar refractivity (Wildman–Crippen MR) is 30.5 cm³/mol. The summed E-state index contributed by atoms with van der Waals surface area (Å²) >= 11 is 0. The Labute approximate surface area is 49.1 Å². The second kappa shape index (κ2) is 2.84. The summed E-state index contributed by atoms with van der Waals surface area (Å²) in [7, 11) is 0. The Morgan fingerprint density at radius 1 is 1.50 bits per heavy atom. The predicted octanol–water partition coefficient (Wildman–Crippen LogP) is 0.935. The van der Waals surface area contributed by atoms with Gasteiger partial charge in [-0.2, -0.15) is 0 Å². The second-order valence-electron chi connectivity index (χ2n) is 1.70. The highest BCUT2D eigenvalue weighted by atomic mass is 16.7. The van der Waals surface area contributed by atoms with Gasteiger partial charge in [-0.1, -0.05) is 6.08 Å². The monoisotopic (exact) mass is 114 g/mol. The summed E-state index contributed by atoms with van der Waals surface area (Å²) in [4.78, 5) is 0. The fraction of sp³-hybridized carbons (Fsp3) is 0.667. The molecule has 46 valence electrons. The van der Waals surface area contributed by atoms with Crippen LogP contribution in [0.25, 0.3) is 0 Å². The summed E-state index contributed by atoms with van der Waals surface area (Å²) in [6.45, 7) is 5.03. The fourth-order valence-corrected chi connectivity index (χ4v) is 0.679. The van der Waals surface area contributed by atoms with Crippen LogP contribution in [-0.4, -0.2) is 19.5 Å². The highest BCUT2D eigenvalue weighted by Crippen LogP contribution is 2.06. The zero-order valence-electron chi connectivity index (χ0n) is 4.80. The SMILES string of the molecule is C=CCC1OCCO1. The summed E-state index contributed by atoms with van der Waals surface area (Å²) in [5.74, 6) is 0. The minimum atomic E-state index is -0.00694. The van der Waals surface area contributed by atoms with E-state index in [0.29, 0.717) is 0 Å². The van der Waals surface area contributed by atoms with Gasteiger partial charge in [0.15, 0.2) is 6.29 Å². The molecule has 0 bridgehead atoms. The smallest absolute Gasteiger partial charge is 0.161 e. The van der Waals surface area contributed by atoms with E-state index in [1.807, 2.05) is 0 Å². The van der Waals surface area contributed by atoms with Crippen LogP contribution < -0.4 is 0 Å². The molecule has 1 rings (SSSR count). The quantitative estimate of drug-likeness (QED) is 0.497. The molecule has 1 aliphatic rings. The topological polar surface area (TPSA) is 18.5 Å². The molecule has 1 aliphatic heterocycles. The van der Waals surface area contributed by atoms with E-state index in [0.717, 1.165) is 19.6 Å². The van der Waals surface area contributed by atoms with Crippen LogP contribution in [0, 0.1) is 0 Å². The van der Waals surface area contributed by atoms with Crippen LogP contribution in [0.15, 0.2) is 12.7 Å². The number of ether oxygens (including phenoxy) is 2. The first-order valence-electron chi connectivity index (χ1n) is 2.77. The molecular formula is C6H10O2. The van der Waals surface area contributed by atoms with E-state index in [-0.39, 0.29) is 6.29 Å². The molecule has 0 N–H and O–H groups in total. The average molecular weight is 114 g/mol. The number of hydrogen-bond donors (Lipinski definition) is 0. The zero-order chi connectivity index (χ0) is 5.82. The summed E-state index contributed by atoms with van der Waals surface area (Å²) < 4.78 is 10.2. The Bertz CT molecular complexity index is 74.6. The highest BCUT2D eigenvalue weighted by molar-refractivity contribution is 4.69. The molecular weight excluding hydrogens is 104 g/mol. The van der Waals surface area contributed by atoms with E-state index >= 15 is 0 Å². The molecule has 0 radical (unpaired) electrons. The van der Waals surface area contributed by atoms with Crippen LogP contribution in [0.5, 0.6) is 0 Å². The van der Waals surface area contributed by atoms with Gasteiger partial charge in [-0.05, 0) is 0 Å². The first-order chi connectivity index (χ1) is 3.93. The van der Waals surface area contributed by atoms with E-state index in [4.69, 9.17) is 9.47 Å². The Kier molecular flexibility index (Phi) is 2.06. The Balaban J connectivity index is 2.14. The normalized spacial score (nSPS) is 21.5. The molecule has 0 saturated carbocycles. The van der Waals surface area contributed by atoms with Crippen molar-refractivity contribution in [3.63, 3.8) is 0 Å². The van der Waals surface area contributed by atoms with Crippen molar-refractivity contribution in [2.24, 2.45) is 0 Å². The van der Waals surface area contributed by atoms with E-state index in [2.05, 4.69) is 6.58 Å². The second-order valence-corrected chi connectivity index (χ2v) is 1.70. The van der Waals surface area contributed by atoms with Crippen molar-refractivity contribution in [3.05, 3.63) is 12.7 Å². The van der Waals surface area contributed by atoms with Gasteiger partial charge < -0.3 is 9.47 Å². The molecule has 8 heavy (non-hydrogen) atoms. The van der Waals surface area contributed by atoms with Crippen molar-refractivity contribution >= 4 is 0 Å². The minimum Gasteiger partial charge on any atom is -0.350 e. The van der Waals surface area contributed by atoms with Gasteiger partial charge in [-0.3, -0.25) is 0 Å². The molecule has 1 fully saturated rings. The summed E-state index contributed by atoms with van der Waals surface area (Å²) in [6.07, 6.45) is 2.60. The lowest BCUT2D eigenvalue weighted by Gasteiger charge is -2.02. The highest BCUT2D eigenvalue weighted by Gasteiger charge is 2.12. The third kappa shape index (κ3) is 1.32. The molecule has 1 heterocycles. The van der Waals surface area contributed by atoms with E-state index in [1.165, 1.54) is 0 Å². The molecule has 0 spiro atoms. The summed E-state index contributed by atoms with van der Waals surface area (Å²) in [5, 5.41) is 0. The Hall–Kier alpha value is -0.340. The Morgan fingerprint density at radius 3 is 2.62 bits per heavy atom. The van der Waals surface area contributed by atoms with Gasteiger partial charge in [0.05, 0.1) is 13.2 Å². The maximum absolute atomic E-state index is 5.10. The van der Waals surface area contributed by atoms with Crippen LogP contribution in [0.3, 0.4) is 0 Å². The number of hydrogen-bond acceptors (Lipinski definition) is 2. The minimum absolute atomic E-state index is 0.00694. The molecule has 0 atom stereocenters. The van der Waals surface area contributed by atoms with Crippen molar-refractivity contribution in [3.8, 4) is 0 Å². The molecule has 0 unspecified atom stereocenters. The van der Waals surface area contributed by atoms with Gasteiger partial charge in [-0.25, -0.2) is 0 Å². The van der Waals surface area contributed by atoms with Crippen molar-refractivity contribution in [1.29, 1.82) is 0 Å². The summed E-state index contributed by atoms with van der Waals surface area (Å²) in [5.41, 5.74) is 0. The van der Waals surface area contributed by atoms with Crippen LogP contribution in [0.2, 0.25) is 0 Å². The summed E-state index contributed by atoms with van der Waals surface area (Å²) in [6, 6.07) is 0. The van der Waals surface area contributed by atoms with Crippen molar-refractivity contribution < 1.29 is 9.47 Å².